The maximum absolute atomic E-state index is 12.1. The summed E-state index contributed by atoms with van der Waals surface area (Å²) in [6, 6.07) is 0. The van der Waals surface area contributed by atoms with Gasteiger partial charge in [-0.15, -0.1) is 0 Å². The predicted molar refractivity (Wildman–Crippen MR) is 65.9 cm³/mol. The van der Waals surface area contributed by atoms with Crippen LogP contribution in [-0.2, 0) is 4.79 Å². The highest BCUT2D eigenvalue weighted by Crippen LogP contribution is 2.12. The van der Waals surface area contributed by atoms with E-state index in [2.05, 4.69) is 27.7 Å². The Morgan fingerprint density at radius 3 is 2.00 bits per heavy atom. The van der Waals surface area contributed by atoms with Crippen molar-refractivity contribution in [2.75, 3.05) is 13.1 Å². The van der Waals surface area contributed by atoms with Crippen LogP contribution >= 0.6 is 0 Å². The summed E-state index contributed by atoms with van der Waals surface area (Å²) in [5, 5.41) is 0. The van der Waals surface area contributed by atoms with Crippen molar-refractivity contribution in [2.45, 2.75) is 59.8 Å². The molecule has 0 fully saturated rings. The molecule has 0 aromatic heterocycles. The second kappa shape index (κ2) is 8.75. The van der Waals surface area contributed by atoms with Gasteiger partial charge in [-0.25, -0.2) is 0 Å². The van der Waals surface area contributed by atoms with Crippen molar-refractivity contribution in [3.63, 3.8) is 0 Å². The van der Waals surface area contributed by atoms with E-state index in [-0.39, 0.29) is 5.92 Å². The van der Waals surface area contributed by atoms with Gasteiger partial charge < -0.3 is 4.90 Å². The minimum Gasteiger partial charge on any atom is -0.342 e. The van der Waals surface area contributed by atoms with Gasteiger partial charge in [-0.2, -0.15) is 0 Å². The lowest BCUT2D eigenvalue weighted by Gasteiger charge is -2.25. The summed E-state index contributed by atoms with van der Waals surface area (Å²) < 4.78 is 0. The van der Waals surface area contributed by atoms with Gasteiger partial charge >= 0.3 is 0 Å². The number of rotatable bonds is 8. The van der Waals surface area contributed by atoms with Crippen molar-refractivity contribution in [3.05, 3.63) is 0 Å². The number of carbonyl (C=O) groups excluding carboxylic acids is 1. The van der Waals surface area contributed by atoms with Crippen LogP contribution in [0.3, 0.4) is 0 Å². The molecular formula is C13H27NO. The first-order valence-corrected chi connectivity index (χ1v) is 6.46. The first-order valence-electron chi connectivity index (χ1n) is 6.46. The minimum absolute atomic E-state index is 0.211. The van der Waals surface area contributed by atoms with E-state index in [0.717, 1.165) is 32.4 Å². The Morgan fingerprint density at radius 1 is 1.07 bits per heavy atom. The second-order valence-corrected chi connectivity index (χ2v) is 4.37. The van der Waals surface area contributed by atoms with Gasteiger partial charge in [-0.3, -0.25) is 4.79 Å². The molecule has 0 saturated carbocycles. The van der Waals surface area contributed by atoms with Gasteiger partial charge in [0, 0.05) is 19.0 Å². The summed E-state index contributed by atoms with van der Waals surface area (Å²) in [5.41, 5.74) is 0. The highest BCUT2D eigenvalue weighted by Gasteiger charge is 2.18. The van der Waals surface area contributed by atoms with E-state index in [9.17, 15) is 4.79 Å². The molecule has 0 N–H and O–H groups in total. The molecule has 15 heavy (non-hydrogen) atoms. The summed E-state index contributed by atoms with van der Waals surface area (Å²) in [7, 11) is 0. The highest BCUT2D eigenvalue weighted by molar-refractivity contribution is 5.78. The Labute approximate surface area is 95.0 Å². The number of hydrogen-bond donors (Lipinski definition) is 0. The van der Waals surface area contributed by atoms with Gasteiger partial charge in [0.2, 0.25) is 5.91 Å². The molecule has 0 aliphatic carbocycles. The van der Waals surface area contributed by atoms with E-state index in [1.54, 1.807) is 0 Å². The van der Waals surface area contributed by atoms with Gasteiger partial charge in [0.25, 0.3) is 0 Å². The standard InChI is InChI=1S/C13H27NO/c1-5-8-9-12(4)13(15)14(10-6-2)11-7-3/h12H,5-11H2,1-4H3. The number of hydrogen-bond acceptors (Lipinski definition) is 1. The predicted octanol–water partition coefficient (Wildman–Crippen LogP) is 3.46. The number of carbonyl (C=O) groups is 1. The van der Waals surface area contributed by atoms with Crippen molar-refractivity contribution in [1.29, 1.82) is 0 Å². The van der Waals surface area contributed by atoms with Crippen LogP contribution in [0.4, 0.5) is 0 Å². The Kier molecular flexibility index (Phi) is 8.44. The third kappa shape index (κ3) is 5.81. The molecule has 0 rings (SSSR count). The fraction of sp³-hybridized carbons (Fsp3) is 0.923. The van der Waals surface area contributed by atoms with Crippen LogP contribution < -0.4 is 0 Å². The molecule has 1 unspecified atom stereocenters. The number of unbranched alkanes of at least 4 members (excludes halogenated alkanes) is 1. The van der Waals surface area contributed by atoms with E-state index < -0.39 is 0 Å². The van der Waals surface area contributed by atoms with Gasteiger partial charge in [-0.1, -0.05) is 40.5 Å². The van der Waals surface area contributed by atoms with Crippen molar-refractivity contribution in [1.82, 2.24) is 4.90 Å². The van der Waals surface area contributed by atoms with Crippen LogP contribution in [0.15, 0.2) is 0 Å². The van der Waals surface area contributed by atoms with E-state index in [0.29, 0.717) is 5.91 Å². The summed E-state index contributed by atoms with van der Waals surface area (Å²) >= 11 is 0. The van der Waals surface area contributed by atoms with Gasteiger partial charge in [0.1, 0.15) is 0 Å². The van der Waals surface area contributed by atoms with E-state index in [4.69, 9.17) is 0 Å². The van der Waals surface area contributed by atoms with Crippen molar-refractivity contribution in [2.24, 2.45) is 5.92 Å². The zero-order valence-corrected chi connectivity index (χ0v) is 10.9. The SMILES string of the molecule is CCCCC(C)C(=O)N(CCC)CCC. The molecule has 1 amide bonds. The molecule has 0 aliphatic heterocycles. The van der Waals surface area contributed by atoms with Crippen LogP contribution in [0.1, 0.15) is 59.8 Å². The van der Waals surface area contributed by atoms with Crippen LogP contribution in [0.25, 0.3) is 0 Å². The van der Waals surface area contributed by atoms with Gasteiger partial charge in [0.15, 0.2) is 0 Å². The zero-order valence-electron chi connectivity index (χ0n) is 10.9. The Bertz CT molecular complexity index is 162. The maximum atomic E-state index is 12.1. The molecule has 0 aromatic rings. The normalized spacial score (nSPS) is 12.5. The summed E-state index contributed by atoms with van der Waals surface area (Å²) in [6.07, 6.45) is 5.51. The van der Waals surface area contributed by atoms with Crippen LogP contribution in [0.5, 0.6) is 0 Å². The van der Waals surface area contributed by atoms with E-state index in [1.807, 2.05) is 4.90 Å². The average Bonchev–Trinajstić information content (AvgIpc) is 2.24. The molecule has 2 nitrogen and oxygen atoms in total. The monoisotopic (exact) mass is 213 g/mol. The molecule has 0 bridgehead atoms. The van der Waals surface area contributed by atoms with Crippen molar-refractivity contribution < 1.29 is 4.79 Å². The molecule has 0 radical (unpaired) electrons. The molecule has 0 heterocycles. The largest absolute Gasteiger partial charge is 0.342 e. The van der Waals surface area contributed by atoms with Crippen LogP contribution in [-0.4, -0.2) is 23.9 Å². The summed E-state index contributed by atoms with van der Waals surface area (Å²) in [4.78, 5) is 14.1. The summed E-state index contributed by atoms with van der Waals surface area (Å²) in [5.74, 6) is 0.565. The molecule has 0 aliphatic rings. The van der Waals surface area contributed by atoms with Gasteiger partial charge in [-0.05, 0) is 19.3 Å². The van der Waals surface area contributed by atoms with Crippen molar-refractivity contribution >= 4 is 5.91 Å². The van der Waals surface area contributed by atoms with Crippen LogP contribution in [0.2, 0.25) is 0 Å². The molecule has 2 heteroatoms. The molecule has 0 saturated heterocycles. The Balaban J connectivity index is 4.08. The van der Waals surface area contributed by atoms with Crippen molar-refractivity contribution in [3.8, 4) is 0 Å². The van der Waals surface area contributed by atoms with Crippen LogP contribution in [0, 0.1) is 5.92 Å². The smallest absolute Gasteiger partial charge is 0.225 e. The molecule has 90 valence electrons. The zero-order chi connectivity index (χ0) is 11.7. The average molecular weight is 213 g/mol. The minimum atomic E-state index is 0.211. The fourth-order valence-electron chi connectivity index (χ4n) is 1.82. The lowest BCUT2D eigenvalue weighted by atomic mass is 10.0. The van der Waals surface area contributed by atoms with E-state index in [1.165, 1.54) is 12.8 Å². The second-order valence-electron chi connectivity index (χ2n) is 4.37. The highest BCUT2D eigenvalue weighted by atomic mass is 16.2. The number of amides is 1. The Morgan fingerprint density at radius 2 is 1.60 bits per heavy atom. The molecule has 0 spiro atoms. The van der Waals surface area contributed by atoms with E-state index >= 15 is 0 Å². The lowest BCUT2D eigenvalue weighted by molar-refractivity contribution is -0.135. The molecule has 0 aromatic carbocycles. The van der Waals surface area contributed by atoms with Gasteiger partial charge in [0.05, 0.1) is 0 Å². The first kappa shape index (κ1) is 14.5. The lowest BCUT2D eigenvalue weighted by Crippen LogP contribution is -2.36. The topological polar surface area (TPSA) is 20.3 Å². The fourth-order valence-corrected chi connectivity index (χ4v) is 1.82. The molecular weight excluding hydrogens is 186 g/mol. The third-order valence-electron chi connectivity index (χ3n) is 2.71. The molecule has 1 atom stereocenters. The third-order valence-corrected chi connectivity index (χ3v) is 2.71. The maximum Gasteiger partial charge on any atom is 0.225 e. The number of nitrogens with zero attached hydrogens (tertiary/aromatic N) is 1. The summed E-state index contributed by atoms with van der Waals surface area (Å²) in [6.45, 7) is 10.3. The Hall–Kier alpha value is -0.530. The quantitative estimate of drug-likeness (QED) is 0.604. The first-order chi connectivity index (χ1) is 7.17.